The molecule has 0 aromatic carbocycles. The van der Waals surface area contributed by atoms with Gasteiger partial charge in [-0.2, -0.15) is 0 Å². The fourth-order valence-corrected chi connectivity index (χ4v) is 1.89. The van der Waals surface area contributed by atoms with Gasteiger partial charge >= 0.3 is 5.69 Å². The lowest BCUT2D eigenvalue weighted by Gasteiger charge is -2.13. The van der Waals surface area contributed by atoms with Crippen molar-refractivity contribution in [2.24, 2.45) is 7.05 Å². The first-order valence-electron chi connectivity index (χ1n) is 5.33. The average molecular weight is 362 g/mol. The highest BCUT2D eigenvalue weighted by Crippen LogP contribution is 2.07. The van der Waals surface area contributed by atoms with E-state index in [0.717, 1.165) is 0 Å². The fraction of sp³-hybridized carbons (Fsp3) is 0.364. The van der Waals surface area contributed by atoms with Crippen LogP contribution in [0, 0.1) is 0 Å². The number of halogens is 1. The molecule has 0 aliphatic rings. The van der Waals surface area contributed by atoms with Crippen molar-refractivity contribution in [3.8, 4) is 0 Å². The van der Waals surface area contributed by atoms with E-state index in [1.54, 1.807) is 13.1 Å². The molecular formula is C11H15IN4O2. The van der Waals surface area contributed by atoms with Crippen molar-refractivity contribution in [3.63, 3.8) is 0 Å². The molecule has 0 saturated carbocycles. The number of H-pyrrole nitrogens is 1. The summed E-state index contributed by atoms with van der Waals surface area (Å²) in [6.07, 6.45) is 3.66. The standard InChI is InChI=1S/C11H14N4O2.HI/c1-4-5-7(2)15-10(16)8-9(13-6-12-8)14(3)11(15)17;/h4,6-7H,1,5H2,2-3H3,(H,12,13);1H. The summed E-state index contributed by atoms with van der Waals surface area (Å²) in [5.74, 6) is 0. The third kappa shape index (κ3) is 2.14. The summed E-state index contributed by atoms with van der Waals surface area (Å²) in [5.41, 5.74) is 0.0314. The predicted octanol–water partition coefficient (Wildman–Crippen LogP) is 1.18. The molecule has 2 heterocycles. The number of imidazole rings is 1. The summed E-state index contributed by atoms with van der Waals surface area (Å²) in [4.78, 5) is 30.9. The van der Waals surface area contributed by atoms with Gasteiger partial charge in [0.25, 0.3) is 5.56 Å². The number of hydrogen-bond acceptors (Lipinski definition) is 3. The number of allylic oxidation sites excluding steroid dienone is 1. The monoisotopic (exact) mass is 362 g/mol. The van der Waals surface area contributed by atoms with Gasteiger partial charge in [-0.15, -0.1) is 30.6 Å². The first kappa shape index (κ1) is 14.7. The summed E-state index contributed by atoms with van der Waals surface area (Å²) >= 11 is 0. The van der Waals surface area contributed by atoms with Gasteiger partial charge in [-0.3, -0.25) is 13.9 Å². The highest BCUT2D eigenvalue weighted by Gasteiger charge is 2.16. The Bertz CT molecular complexity index is 682. The number of nitrogens with zero attached hydrogens (tertiary/aromatic N) is 3. The Kier molecular flexibility index (Phi) is 4.49. The second-order valence-corrected chi connectivity index (χ2v) is 3.99. The lowest BCUT2D eigenvalue weighted by atomic mass is 10.2. The lowest BCUT2D eigenvalue weighted by molar-refractivity contribution is 0.498. The largest absolute Gasteiger partial charge is 0.339 e. The molecule has 6 nitrogen and oxygen atoms in total. The molecule has 1 unspecified atom stereocenters. The molecule has 0 aliphatic heterocycles. The van der Waals surface area contributed by atoms with Gasteiger partial charge in [0.2, 0.25) is 0 Å². The van der Waals surface area contributed by atoms with E-state index < -0.39 is 0 Å². The van der Waals surface area contributed by atoms with Gasteiger partial charge in [-0.25, -0.2) is 9.78 Å². The zero-order chi connectivity index (χ0) is 12.6. The molecule has 18 heavy (non-hydrogen) atoms. The fourth-order valence-electron chi connectivity index (χ4n) is 1.89. The normalized spacial score (nSPS) is 12.1. The molecule has 0 amide bonds. The molecule has 0 saturated heterocycles. The van der Waals surface area contributed by atoms with Gasteiger partial charge in [0.1, 0.15) is 5.52 Å². The molecule has 0 fully saturated rings. The minimum Gasteiger partial charge on any atom is -0.339 e. The first-order valence-corrected chi connectivity index (χ1v) is 5.33. The van der Waals surface area contributed by atoms with Crippen LogP contribution in [0.1, 0.15) is 19.4 Å². The van der Waals surface area contributed by atoms with Crippen LogP contribution in [0.3, 0.4) is 0 Å². The first-order chi connectivity index (χ1) is 8.07. The molecular weight excluding hydrogens is 347 g/mol. The van der Waals surface area contributed by atoms with E-state index in [9.17, 15) is 9.59 Å². The summed E-state index contributed by atoms with van der Waals surface area (Å²) in [7, 11) is 1.60. The smallest absolute Gasteiger partial charge is 0.332 e. The Morgan fingerprint density at radius 2 is 2.22 bits per heavy atom. The van der Waals surface area contributed by atoms with Crippen LogP contribution in [-0.4, -0.2) is 19.1 Å². The number of aromatic amines is 1. The number of fused-ring (bicyclic) bond motifs is 1. The number of hydrogen-bond donors (Lipinski definition) is 1. The van der Waals surface area contributed by atoms with E-state index in [1.807, 2.05) is 6.92 Å². The highest BCUT2D eigenvalue weighted by molar-refractivity contribution is 14.0. The summed E-state index contributed by atoms with van der Waals surface area (Å²) in [6.45, 7) is 5.43. The Balaban J connectivity index is 0.00000162. The van der Waals surface area contributed by atoms with Crippen LogP contribution in [0.4, 0.5) is 0 Å². The number of rotatable bonds is 3. The van der Waals surface area contributed by atoms with E-state index >= 15 is 0 Å². The van der Waals surface area contributed by atoms with Crippen LogP contribution in [0.15, 0.2) is 28.6 Å². The number of aryl methyl sites for hydroxylation is 1. The van der Waals surface area contributed by atoms with Gasteiger partial charge in [0, 0.05) is 13.1 Å². The van der Waals surface area contributed by atoms with Crippen LogP contribution in [0.5, 0.6) is 0 Å². The maximum absolute atomic E-state index is 12.1. The van der Waals surface area contributed by atoms with Gasteiger partial charge in [0.05, 0.1) is 6.33 Å². The average Bonchev–Trinajstić information content (AvgIpc) is 2.76. The van der Waals surface area contributed by atoms with E-state index in [1.165, 1.54) is 15.5 Å². The van der Waals surface area contributed by atoms with E-state index in [2.05, 4.69) is 16.5 Å². The molecule has 1 atom stereocenters. The molecule has 0 spiro atoms. The van der Waals surface area contributed by atoms with Crippen LogP contribution in [0.2, 0.25) is 0 Å². The third-order valence-electron chi connectivity index (χ3n) is 2.81. The second kappa shape index (κ2) is 5.51. The summed E-state index contributed by atoms with van der Waals surface area (Å²) < 4.78 is 2.59. The molecule has 98 valence electrons. The molecule has 0 aliphatic carbocycles. The zero-order valence-electron chi connectivity index (χ0n) is 10.2. The lowest BCUT2D eigenvalue weighted by Crippen LogP contribution is -2.40. The van der Waals surface area contributed by atoms with Crippen molar-refractivity contribution in [1.29, 1.82) is 0 Å². The van der Waals surface area contributed by atoms with Gasteiger partial charge in [0.15, 0.2) is 5.65 Å². The summed E-state index contributed by atoms with van der Waals surface area (Å²) in [6, 6.07) is -0.216. The minimum atomic E-state index is -0.357. The van der Waals surface area contributed by atoms with Gasteiger partial charge < -0.3 is 4.98 Å². The Morgan fingerprint density at radius 3 is 2.83 bits per heavy atom. The maximum Gasteiger partial charge on any atom is 0.332 e. The zero-order valence-corrected chi connectivity index (χ0v) is 12.5. The quantitative estimate of drug-likeness (QED) is 0.658. The predicted molar refractivity (Wildman–Crippen MR) is 80.5 cm³/mol. The third-order valence-corrected chi connectivity index (χ3v) is 2.81. The highest BCUT2D eigenvalue weighted by atomic mass is 127. The number of aromatic nitrogens is 4. The Morgan fingerprint density at radius 1 is 1.56 bits per heavy atom. The van der Waals surface area contributed by atoms with Crippen molar-refractivity contribution in [1.82, 2.24) is 19.1 Å². The molecule has 2 aromatic heterocycles. The molecule has 7 heteroatoms. The van der Waals surface area contributed by atoms with Crippen LogP contribution in [0.25, 0.3) is 11.2 Å². The van der Waals surface area contributed by atoms with Gasteiger partial charge in [-0.05, 0) is 13.3 Å². The maximum atomic E-state index is 12.1. The van der Waals surface area contributed by atoms with Crippen molar-refractivity contribution in [3.05, 3.63) is 39.8 Å². The van der Waals surface area contributed by atoms with E-state index in [4.69, 9.17) is 0 Å². The molecule has 2 rings (SSSR count). The molecule has 0 bridgehead atoms. The van der Waals surface area contributed by atoms with Crippen molar-refractivity contribution in [2.75, 3.05) is 0 Å². The topological polar surface area (TPSA) is 72.7 Å². The molecule has 2 aromatic rings. The van der Waals surface area contributed by atoms with Gasteiger partial charge in [-0.1, -0.05) is 6.08 Å². The van der Waals surface area contributed by atoms with Crippen molar-refractivity contribution in [2.45, 2.75) is 19.4 Å². The van der Waals surface area contributed by atoms with Crippen molar-refractivity contribution < 1.29 is 0 Å². The van der Waals surface area contributed by atoms with E-state index in [-0.39, 0.29) is 41.3 Å². The molecule has 1 N–H and O–H groups in total. The SMILES string of the molecule is C=CCC(C)n1c(=O)c2[nH]cnc2n(C)c1=O.I. The summed E-state index contributed by atoms with van der Waals surface area (Å²) in [5, 5.41) is 0. The van der Waals surface area contributed by atoms with Crippen molar-refractivity contribution >= 4 is 35.1 Å². The Labute approximate surface area is 120 Å². The minimum absolute atomic E-state index is 0. The van der Waals surface area contributed by atoms with Crippen LogP contribution >= 0.6 is 24.0 Å². The number of nitrogens with one attached hydrogen (secondary N) is 1. The molecule has 0 radical (unpaired) electrons. The van der Waals surface area contributed by atoms with Crippen LogP contribution in [-0.2, 0) is 7.05 Å². The van der Waals surface area contributed by atoms with E-state index in [0.29, 0.717) is 17.6 Å². The second-order valence-electron chi connectivity index (χ2n) is 3.99. The van der Waals surface area contributed by atoms with Crippen LogP contribution < -0.4 is 11.2 Å². The Hall–Kier alpha value is -1.38.